The Morgan fingerprint density at radius 2 is 1.64 bits per heavy atom. The van der Waals surface area contributed by atoms with E-state index in [2.05, 4.69) is 5.32 Å². The lowest BCUT2D eigenvalue weighted by molar-refractivity contribution is -0.140. The average molecular weight is 635 g/mol. The van der Waals surface area contributed by atoms with Gasteiger partial charge in [-0.25, -0.2) is 8.42 Å². The Kier molecular flexibility index (Phi) is 11.7. The van der Waals surface area contributed by atoms with Gasteiger partial charge in [0, 0.05) is 12.6 Å². The van der Waals surface area contributed by atoms with Crippen LogP contribution in [0.15, 0.2) is 71.6 Å². The van der Waals surface area contributed by atoms with Gasteiger partial charge in [0.25, 0.3) is 10.0 Å². The first-order valence-corrected chi connectivity index (χ1v) is 15.9. The quantitative estimate of drug-likeness (QED) is 0.241. The molecule has 42 heavy (non-hydrogen) atoms. The van der Waals surface area contributed by atoms with Crippen LogP contribution in [0.3, 0.4) is 0 Å². The molecule has 11 heteroatoms. The highest BCUT2D eigenvalue weighted by Crippen LogP contribution is 2.35. The van der Waals surface area contributed by atoms with Crippen molar-refractivity contribution in [2.45, 2.75) is 64.1 Å². The molecule has 1 N–H and O–H groups in total. The van der Waals surface area contributed by atoms with Gasteiger partial charge in [-0.05, 0) is 68.7 Å². The van der Waals surface area contributed by atoms with Gasteiger partial charge in [0.2, 0.25) is 11.8 Å². The van der Waals surface area contributed by atoms with E-state index in [0.717, 1.165) is 9.87 Å². The van der Waals surface area contributed by atoms with Crippen molar-refractivity contribution in [2.75, 3.05) is 18.0 Å². The monoisotopic (exact) mass is 633 g/mol. The van der Waals surface area contributed by atoms with Crippen molar-refractivity contribution < 1.29 is 22.7 Å². The molecule has 2 amide bonds. The highest BCUT2D eigenvalue weighted by atomic mass is 35.5. The number of methoxy groups -OCH3 is 1. The van der Waals surface area contributed by atoms with E-state index in [1.54, 1.807) is 50.4 Å². The molecule has 0 aliphatic carbocycles. The van der Waals surface area contributed by atoms with Crippen LogP contribution in [0.5, 0.6) is 5.75 Å². The number of carbonyl (C=O) groups excluding carboxylic acids is 2. The lowest BCUT2D eigenvalue weighted by atomic mass is 10.1. The Labute approximate surface area is 258 Å². The van der Waals surface area contributed by atoms with Crippen LogP contribution in [-0.4, -0.2) is 50.9 Å². The van der Waals surface area contributed by atoms with Crippen LogP contribution in [0.25, 0.3) is 0 Å². The van der Waals surface area contributed by atoms with Crippen LogP contribution in [0, 0.1) is 6.92 Å². The molecule has 0 unspecified atom stereocenters. The number of sulfonamides is 1. The maximum absolute atomic E-state index is 14.2. The van der Waals surface area contributed by atoms with E-state index in [9.17, 15) is 18.0 Å². The fraction of sp³-hybridized carbons (Fsp3) is 0.355. The molecule has 2 atom stereocenters. The van der Waals surface area contributed by atoms with Crippen LogP contribution in [-0.2, 0) is 26.2 Å². The van der Waals surface area contributed by atoms with Gasteiger partial charge >= 0.3 is 0 Å². The van der Waals surface area contributed by atoms with E-state index in [1.807, 2.05) is 26.8 Å². The highest BCUT2D eigenvalue weighted by molar-refractivity contribution is 7.92. The van der Waals surface area contributed by atoms with Crippen LogP contribution in [0.4, 0.5) is 5.69 Å². The second-order valence-electron chi connectivity index (χ2n) is 10.0. The number of nitrogens with zero attached hydrogens (tertiary/aromatic N) is 2. The van der Waals surface area contributed by atoms with Crippen LogP contribution in [0.1, 0.15) is 44.7 Å². The average Bonchev–Trinajstić information content (AvgIpc) is 2.97. The van der Waals surface area contributed by atoms with E-state index in [0.29, 0.717) is 24.2 Å². The first-order chi connectivity index (χ1) is 19.9. The van der Waals surface area contributed by atoms with E-state index in [4.69, 9.17) is 27.9 Å². The Balaban J connectivity index is 2.11. The minimum atomic E-state index is -4.28. The fourth-order valence-corrected chi connectivity index (χ4v) is 6.24. The number of hydrogen-bond donors (Lipinski definition) is 1. The third-order valence-electron chi connectivity index (χ3n) is 6.96. The SMILES string of the molecule is CC[C@@H](C)NC(=O)[C@H](CC)N(Cc1cccc(OC)c1)C(=O)CN(c1cccc(Cl)c1Cl)S(=O)(=O)c1ccc(C)cc1. The minimum absolute atomic E-state index is 0.0106. The predicted octanol–water partition coefficient (Wildman–Crippen LogP) is 6.23. The molecular formula is C31H37Cl2N3O5S. The molecule has 0 saturated heterocycles. The second kappa shape index (κ2) is 14.8. The normalized spacial score (nSPS) is 12.7. The lowest BCUT2D eigenvalue weighted by Crippen LogP contribution is -2.53. The minimum Gasteiger partial charge on any atom is -0.497 e. The number of benzene rings is 3. The molecule has 0 aliphatic rings. The zero-order valence-corrected chi connectivity index (χ0v) is 26.8. The standard InChI is InChI=1S/C31H37Cl2N3O5S/c1-6-22(4)34-31(38)27(7-2)35(19-23-10-8-11-24(18-23)41-5)29(37)20-36(28-13-9-12-26(32)30(28)33)42(39,40)25-16-14-21(3)15-17-25/h8-18,22,27H,6-7,19-20H2,1-5H3,(H,34,38)/t22-,27+/m1/s1. The predicted molar refractivity (Wildman–Crippen MR) is 168 cm³/mol. The molecule has 3 aromatic rings. The van der Waals surface area contributed by atoms with Crippen molar-refractivity contribution in [3.05, 3.63) is 87.9 Å². The molecule has 0 saturated carbocycles. The Hall–Kier alpha value is -3.27. The number of rotatable bonds is 13. The number of carbonyl (C=O) groups is 2. The Morgan fingerprint density at radius 1 is 0.976 bits per heavy atom. The van der Waals surface area contributed by atoms with Gasteiger partial charge in [0.1, 0.15) is 18.3 Å². The summed E-state index contributed by atoms with van der Waals surface area (Å²) < 4.78 is 34.3. The van der Waals surface area contributed by atoms with E-state index >= 15 is 0 Å². The summed E-state index contributed by atoms with van der Waals surface area (Å²) in [5.41, 5.74) is 1.64. The number of anilines is 1. The number of aryl methyl sites for hydroxylation is 1. The zero-order valence-electron chi connectivity index (χ0n) is 24.4. The van der Waals surface area contributed by atoms with Gasteiger partial charge < -0.3 is 15.0 Å². The van der Waals surface area contributed by atoms with Crippen molar-refractivity contribution in [3.8, 4) is 5.75 Å². The van der Waals surface area contributed by atoms with Crippen molar-refractivity contribution in [1.29, 1.82) is 0 Å². The fourth-order valence-electron chi connectivity index (χ4n) is 4.36. The summed E-state index contributed by atoms with van der Waals surface area (Å²) in [5, 5.41) is 3.09. The summed E-state index contributed by atoms with van der Waals surface area (Å²) in [5.74, 6) is -0.321. The number of halogens is 2. The molecule has 0 radical (unpaired) electrons. The van der Waals surface area contributed by atoms with Crippen molar-refractivity contribution in [1.82, 2.24) is 10.2 Å². The Morgan fingerprint density at radius 3 is 2.26 bits per heavy atom. The third kappa shape index (κ3) is 7.96. The van der Waals surface area contributed by atoms with Crippen LogP contribution < -0.4 is 14.4 Å². The maximum Gasteiger partial charge on any atom is 0.264 e. The summed E-state index contributed by atoms with van der Waals surface area (Å²) in [6, 6.07) is 17.1. The molecule has 0 heterocycles. The van der Waals surface area contributed by atoms with Crippen molar-refractivity contribution in [3.63, 3.8) is 0 Å². The van der Waals surface area contributed by atoms with Crippen LogP contribution >= 0.6 is 23.2 Å². The summed E-state index contributed by atoms with van der Waals surface area (Å²) in [7, 11) is -2.73. The molecule has 0 fully saturated rings. The molecule has 0 bridgehead atoms. The Bertz CT molecular complexity index is 1500. The number of hydrogen-bond acceptors (Lipinski definition) is 5. The van der Waals surface area contributed by atoms with Gasteiger partial charge in [-0.2, -0.15) is 0 Å². The highest BCUT2D eigenvalue weighted by Gasteiger charge is 2.35. The first kappa shape index (κ1) is 33.2. The first-order valence-electron chi connectivity index (χ1n) is 13.7. The van der Waals surface area contributed by atoms with Gasteiger partial charge in [-0.3, -0.25) is 13.9 Å². The number of amides is 2. The molecule has 0 spiro atoms. The van der Waals surface area contributed by atoms with Gasteiger partial charge in [-0.1, -0.05) is 72.9 Å². The summed E-state index contributed by atoms with van der Waals surface area (Å²) >= 11 is 12.8. The van der Waals surface area contributed by atoms with Gasteiger partial charge in [0.15, 0.2) is 0 Å². The molecule has 8 nitrogen and oxygen atoms in total. The molecular weight excluding hydrogens is 597 g/mol. The number of ether oxygens (including phenoxy) is 1. The van der Waals surface area contributed by atoms with Crippen LogP contribution in [0.2, 0.25) is 10.0 Å². The molecule has 3 aromatic carbocycles. The summed E-state index contributed by atoms with van der Waals surface area (Å²) in [6.45, 7) is 6.92. The largest absolute Gasteiger partial charge is 0.497 e. The van der Waals surface area contributed by atoms with E-state index in [-0.39, 0.29) is 39.1 Å². The topological polar surface area (TPSA) is 96.0 Å². The molecule has 226 valence electrons. The van der Waals surface area contributed by atoms with Gasteiger partial charge in [-0.15, -0.1) is 0 Å². The summed E-state index contributed by atoms with van der Waals surface area (Å²) in [6.07, 6.45) is 1.02. The molecule has 3 rings (SSSR count). The summed E-state index contributed by atoms with van der Waals surface area (Å²) in [4.78, 5) is 29.0. The second-order valence-corrected chi connectivity index (χ2v) is 12.7. The van der Waals surface area contributed by atoms with E-state index in [1.165, 1.54) is 29.2 Å². The zero-order chi connectivity index (χ0) is 31.0. The van der Waals surface area contributed by atoms with Crippen molar-refractivity contribution in [2.24, 2.45) is 0 Å². The third-order valence-corrected chi connectivity index (χ3v) is 9.54. The van der Waals surface area contributed by atoms with E-state index < -0.39 is 28.5 Å². The van der Waals surface area contributed by atoms with Gasteiger partial charge in [0.05, 0.1) is 27.7 Å². The lowest BCUT2D eigenvalue weighted by Gasteiger charge is -2.34. The molecule has 0 aliphatic heterocycles. The number of nitrogens with one attached hydrogen (secondary N) is 1. The maximum atomic E-state index is 14.2. The van der Waals surface area contributed by atoms with Crippen molar-refractivity contribution >= 4 is 50.7 Å². The smallest absolute Gasteiger partial charge is 0.264 e. The molecule has 0 aromatic heterocycles.